The van der Waals surface area contributed by atoms with E-state index in [1.165, 1.54) is 10.7 Å². The van der Waals surface area contributed by atoms with Crippen molar-refractivity contribution < 1.29 is 24.2 Å². The zero-order chi connectivity index (χ0) is 26.1. The summed E-state index contributed by atoms with van der Waals surface area (Å²) >= 11 is 6.11. The summed E-state index contributed by atoms with van der Waals surface area (Å²) in [6.07, 6.45) is 0.575. The summed E-state index contributed by atoms with van der Waals surface area (Å²) < 4.78 is 11.9. The lowest BCUT2D eigenvalue weighted by Gasteiger charge is -2.21. The van der Waals surface area contributed by atoms with Gasteiger partial charge in [0.2, 0.25) is 5.88 Å². The van der Waals surface area contributed by atoms with Gasteiger partial charge in [0.15, 0.2) is 11.8 Å². The Kier molecular flexibility index (Phi) is 9.67. The number of amides is 1. The number of ether oxygens (including phenoxy) is 2. The Balaban J connectivity index is 1.76. The molecule has 3 rings (SSSR count). The van der Waals surface area contributed by atoms with E-state index < -0.39 is 24.0 Å². The van der Waals surface area contributed by atoms with Gasteiger partial charge in [-0.2, -0.15) is 5.10 Å². The smallest absolute Gasteiger partial charge is 0.335 e. The fourth-order valence-corrected chi connectivity index (χ4v) is 3.87. The minimum absolute atomic E-state index is 0.0206. The second-order valence-corrected chi connectivity index (χ2v) is 8.61. The second kappa shape index (κ2) is 12.9. The number of aryl methyl sites for hydroxylation is 1. The molecule has 36 heavy (non-hydrogen) atoms. The van der Waals surface area contributed by atoms with Crippen LogP contribution in [0.25, 0.3) is 11.1 Å². The average molecular weight is 512 g/mol. The second-order valence-electron chi connectivity index (χ2n) is 8.18. The lowest BCUT2D eigenvalue weighted by Crippen LogP contribution is -2.41. The highest BCUT2D eigenvalue weighted by Crippen LogP contribution is 2.23. The van der Waals surface area contributed by atoms with Crippen molar-refractivity contribution in [3.63, 3.8) is 0 Å². The van der Waals surface area contributed by atoms with Gasteiger partial charge < -0.3 is 19.9 Å². The van der Waals surface area contributed by atoms with Crippen molar-refractivity contribution in [2.24, 2.45) is 7.05 Å². The monoisotopic (exact) mass is 511 g/mol. The Morgan fingerprint density at radius 1 is 1.19 bits per heavy atom. The fraction of sp³-hybridized carbons (Fsp3) is 0.296. The molecule has 0 aliphatic rings. The summed E-state index contributed by atoms with van der Waals surface area (Å²) in [4.78, 5) is 25.0. The molecular formula is C27H30ClN3O5. The number of aromatic nitrogens is 2. The van der Waals surface area contributed by atoms with Gasteiger partial charge in [0, 0.05) is 30.6 Å². The molecule has 0 aliphatic carbocycles. The standard InChI is InChI=1S/C27H30ClN3O5/c1-4-13-36-25-17-23(30-31(25)3)26(33)29-22(16-24(32)27(34)35-5-2)14-18-9-11-19(12-10-18)20-7-6-8-21(28)15-20/h4,6-12,15,17,22,24,32H,1,5,13-14,16H2,2-3H3,(H,29,33). The molecule has 1 amide bonds. The van der Waals surface area contributed by atoms with Crippen LogP contribution in [0.3, 0.4) is 0 Å². The minimum atomic E-state index is -1.38. The normalized spacial score (nSPS) is 12.4. The van der Waals surface area contributed by atoms with Gasteiger partial charge in [0.1, 0.15) is 6.61 Å². The molecule has 1 aromatic heterocycles. The number of nitrogens with one attached hydrogen (secondary N) is 1. The first-order valence-electron chi connectivity index (χ1n) is 11.6. The minimum Gasteiger partial charge on any atom is -0.474 e. The Hall–Kier alpha value is -3.62. The van der Waals surface area contributed by atoms with Crippen LogP contribution < -0.4 is 10.1 Å². The van der Waals surface area contributed by atoms with Crippen LogP contribution >= 0.6 is 11.6 Å². The Morgan fingerprint density at radius 2 is 1.94 bits per heavy atom. The predicted octanol–water partition coefficient (Wildman–Crippen LogP) is 3.96. The number of carbonyl (C=O) groups is 2. The molecule has 190 valence electrons. The molecule has 0 saturated carbocycles. The van der Waals surface area contributed by atoms with Gasteiger partial charge in [-0.1, -0.05) is 60.7 Å². The van der Waals surface area contributed by atoms with Crippen molar-refractivity contribution in [2.45, 2.75) is 31.9 Å². The molecule has 0 aliphatic heterocycles. The third-order valence-electron chi connectivity index (χ3n) is 5.41. The molecule has 0 bridgehead atoms. The van der Waals surface area contributed by atoms with Crippen LogP contribution in [0.4, 0.5) is 0 Å². The van der Waals surface area contributed by atoms with E-state index >= 15 is 0 Å². The van der Waals surface area contributed by atoms with Crippen molar-refractivity contribution in [3.05, 3.63) is 83.5 Å². The van der Waals surface area contributed by atoms with Crippen molar-refractivity contribution in [1.29, 1.82) is 0 Å². The Labute approximate surface area is 215 Å². The van der Waals surface area contributed by atoms with Crippen molar-refractivity contribution in [1.82, 2.24) is 15.1 Å². The summed E-state index contributed by atoms with van der Waals surface area (Å²) in [7, 11) is 1.67. The van der Waals surface area contributed by atoms with E-state index in [0.717, 1.165) is 16.7 Å². The number of benzene rings is 2. The number of hydrogen-bond acceptors (Lipinski definition) is 6. The lowest BCUT2D eigenvalue weighted by atomic mass is 9.97. The zero-order valence-electron chi connectivity index (χ0n) is 20.3. The lowest BCUT2D eigenvalue weighted by molar-refractivity contribution is -0.153. The maximum Gasteiger partial charge on any atom is 0.335 e. The first-order chi connectivity index (χ1) is 17.3. The first kappa shape index (κ1) is 27.0. The maximum atomic E-state index is 13.0. The van der Waals surface area contributed by atoms with Crippen LogP contribution in [0.15, 0.2) is 67.3 Å². The Morgan fingerprint density at radius 3 is 2.61 bits per heavy atom. The highest BCUT2D eigenvalue weighted by atomic mass is 35.5. The number of carbonyl (C=O) groups excluding carboxylic acids is 2. The highest BCUT2D eigenvalue weighted by molar-refractivity contribution is 6.30. The summed E-state index contributed by atoms with van der Waals surface area (Å²) in [6.45, 7) is 5.70. The first-order valence-corrected chi connectivity index (χ1v) is 12.0. The van der Waals surface area contributed by atoms with E-state index in [0.29, 0.717) is 17.3 Å². The van der Waals surface area contributed by atoms with E-state index in [4.69, 9.17) is 21.1 Å². The van der Waals surface area contributed by atoms with Gasteiger partial charge in [0.05, 0.1) is 6.61 Å². The molecule has 3 aromatic rings. The predicted molar refractivity (Wildman–Crippen MR) is 138 cm³/mol. The van der Waals surface area contributed by atoms with Gasteiger partial charge in [-0.25, -0.2) is 9.48 Å². The average Bonchev–Trinajstić information content (AvgIpc) is 3.23. The van der Waals surface area contributed by atoms with Crippen molar-refractivity contribution in [2.75, 3.05) is 13.2 Å². The summed E-state index contributed by atoms with van der Waals surface area (Å²) in [5.41, 5.74) is 3.05. The number of halogens is 1. The number of nitrogens with zero attached hydrogens (tertiary/aromatic N) is 2. The molecule has 0 radical (unpaired) electrons. The van der Waals surface area contributed by atoms with Crippen LogP contribution in [-0.2, 0) is 23.0 Å². The molecule has 2 unspecified atom stereocenters. The summed E-state index contributed by atoms with van der Waals surface area (Å²) in [6, 6.07) is 16.3. The number of esters is 1. The molecule has 1 heterocycles. The zero-order valence-corrected chi connectivity index (χ0v) is 21.1. The van der Waals surface area contributed by atoms with E-state index in [1.807, 2.05) is 48.5 Å². The van der Waals surface area contributed by atoms with Gasteiger partial charge in [0.25, 0.3) is 5.91 Å². The SMILES string of the molecule is C=CCOc1cc(C(=O)NC(Cc2ccc(-c3cccc(Cl)c3)cc2)CC(O)C(=O)OCC)nn1C. The van der Waals surface area contributed by atoms with E-state index in [2.05, 4.69) is 17.0 Å². The van der Waals surface area contributed by atoms with Gasteiger partial charge in [-0.05, 0) is 42.2 Å². The van der Waals surface area contributed by atoms with Gasteiger partial charge in [-0.3, -0.25) is 4.79 Å². The molecular weight excluding hydrogens is 482 g/mol. The van der Waals surface area contributed by atoms with E-state index in [9.17, 15) is 14.7 Å². The van der Waals surface area contributed by atoms with Crippen LogP contribution in [0.1, 0.15) is 29.4 Å². The third-order valence-corrected chi connectivity index (χ3v) is 5.65. The third kappa shape index (κ3) is 7.44. The van der Waals surface area contributed by atoms with Crippen LogP contribution in [0.2, 0.25) is 5.02 Å². The molecule has 0 fully saturated rings. The molecule has 0 spiro atoms. The highest BCUT2D eigenvalue weighted by Gasteiger charge is 2.25. The maximum absolute atomic E-state index is 13.0. The Bertz CT molecular complexity index is 1190. The fourth-order valence-electron chi connectivity index (χ4n) is 3.68. The molecule has 8 nitrogen and oxygen atoms in total. The topological polar surface area (TPSA) is 103 Å². The number of aliphatic hydroxyl groups is 1. The van der Waals surface area contributed by atoms with Gasteiger partial charge >= 0.3 is 5.97 Å². The quantitative estimate of drug-likeness (QED) is 0.282. The molecule has 0 saturated heterocycles. The molecule has 2 N–H and O–H groups in total. The summed E-state index contributed by atoms with van der Waals surface area (Å²) in [5, 5.41) is 18.1. The number of hydrogen-bond donors (Lipinski definition) is 2. The molecule has 9 heteroatoms. The number of rotatable bonds is 12. The van der Waals surface area contributed by atoms with Crippen LogP contribution in [0, 0.1) is 0 Å². The van der Waals surface area contributed by atoms with E-state index in [-0.39, 0.29) is 25.3 Å². The van der Waals surface area contributed by atoms with E-state index in [1.54, 1.807) is 20.0 Å². The van der Waals surface area contributed by atoms with Crippen LogP contribution in [-0.4, -0.2) is 52.1 Å². The molecule has 2 aromatic carbocycles. The van der Waals surface area contributed by atoms with Crippen molar-refractivity contribution in [3.8, 4) is 17.0 Å². The van der Waals surface area contributed by atoms with Gasteiger partial charge in [-0.15, -0.1) is 0 Å². The van der Waals surface area contributed by atoms with Crippen molar-refractivity contribution >= 4 is 23.5 Å². The molecule has 2 atom stereocenters. The summed E-state index contributed by atoms with van der Waals surface area (Å²) in [5.74, 6) is -0.763. The number of aliphatic hydroxyl groups excluding tert-OH is 1. The largest absolute Gasteiger partial charge is 0.474 e. The van der Waals surface area contributed by atoms with Crippen LogP contribution in [0.5, 0.6) is 5.88 Å².